The fourth-order valence-electron chi connectivity index (χ4n) is 3.21. The van der Waals surface area contributed by atoms with E-state index in [9.17, 15) is 0 Å². The van der Waals surface area contributed by atoms with Gasteiger partial charge in [-0.05, 0) is 43.6 Å². The zero-order chi connectivity index (χ0) is 13.5. The van der Waals surface area contributed by atoms with Crippen molar-refractivity contribution in [1.82, 2.24) is 9.97 Å². The number of hydrogen-bond donors (Lipinski definition) is 1. The molecule has 0 radical (unpaired) electrons. The monoisotopic (exact) mass is 265 g/mol. The number of nitrogens with zero attached hydrogens (tertiary/aromatic N) is 2. The van der Waals surface area contributed by atoms with E-state index in [0.717, 1.165) is 30.4 Å². The van der Waals surface area contributed by atoms with Crippen molar-refractivity contribution >= 4 is 5.82 Å². The van der Waals surface area contributed by atoms with Gasteiger partial charge in [0.25, 0.3) is 0 Å². The summed E-state index contributed by atoms with van der Waals surface area (Å²) in [7, 11) is 1.96. The molecule has 1 aromatic carbocycles. The Hall–Kier alpha value is -1.90. The predicted molar refractivity (Wildman–Crippen MR) is 81.0 cm³/mol. The molecule has 1 fully saturated rings. The molecule has 0 bridgehead atoms. The molecular weight excluding hydrogens is 246 g/mol. The zero-order valence-corrected chi connectivity index (χ0v) is 11.8. The minimum atomic E-state index is 0.723. The van der Waals surface area contributed by atoms with Gasteiger partial charge in [0.05, 0.1) is 0 Å². The molecule has 0 amide bonds. The van der Waals surface area contributed by atoms with Crippen LogP contribution in [-0.2, 0) is 12.8 Å². The van der Waals surface area contributed by atoms with Gasteiger partial charge in [0.15, 0.2) is 5.82 Å². The highest BCUT2D eigenvalue weighted by molar-refractivity contribution is 5.65. The lowest BCUT2D eigenvalue weighted by Gasteiger charge is -2.12. The molecule has 2 aliphatic carbocycles. The number of rotatable bonds is 3. The normalized spacial score (nSPS) is 17.1. The van der Waals surface area contributed by atoms with Crippen LogP contribution in [0.3, 0.4) is 0 Å². The minimum absolute atomic E-state index is 0.723. The molecule has 0 unspecified atom stereocenters. The molecule has 1 N–H and O–H groups in total. The van der Waals surface area contributed by atoms with E-state index in [1.165, 1.54) is 41.6 Å². The molecule has 0 spiro atoms. The molecule has 3 nitrogen and oxygen atoms in total. The molecule has 0 saturated heterocycles. The van der Waals surface area contributed by atoms with Gasteiger partial charge in [-0.25, -0.2) is 9.97 Å². The third-order valence-corrected chi connectivity index (χ3v) is 4.39. The van der Waals surface area contributed by atoms with E-state index >= 15 is 0 Å². The molecule has 1 saturated carbocycles. The highest BCUT2D eigenvalue weighted by Crippen LogP contribution is 2.44. The molecule has 102 valence electrons. The van der Waals surface area contributed by atoms with Crippen LogP contribution < -0.4 is 5.32 Å². The van der Waals surface area contributed by atoms with Crippen LogP contribution >= 0.6 is 0 Å². The summed E-state index contributed by atoms with van der Waals surface area (Å²) in [6, 6.07) is 8.63. The Kier molecular flexibility index (Phi) is 2.72. The third kappa shape index (κ3) is 1.89. The summed E-state index contributed by atoms with van der Waals surface area (Å²) in [6.07, 6.45) is 6.01. The lowest BCUT2D eigenvalue weighted by Crippen LogP contribution is -2.04. The molecule has 4 rings (SSSR count). The number of fused-ring (bicyclic) bond motifs is 1. The largest absolute Gasteiger partial charge is 0.373 e. The van der Waals surface area contributed by atoms with Gasteiger partial charge in [-0.2, -0.15) is 0 Å². The molecular formula is C17H19N3. The van der Waals surface area contributed by atoms with Crippen LogP contribution in [0, 0.1) is 0 Å². The Morgan fingerprint density at radius 3 is 2.75 bits per heavy atom. The van der Waals surface area contributed by atoms with Gasteiger partial charge < -0.3 is 5.32 Å². The van der Waals surface area contributed by atoms with Crippen molar-refractivity contribution in [3.63, 3.8) is 0 Å². The second kappa shape index (κ2) is 4.58. The minimum Gasteiger partial charge on any atom is -0.373 e. The zero-order valence-electron chi connectivity index (χ0n) is 11.8. The maximum absolute atomic E-state index is 4.85. The van der Waals surface area contributed by atoms with Gasteiger partial charge >= 0.3 is 0 Å². The SMILES string of the molecule is CNc1nc(-c2ccccc2C2CC2)nc2c1CCC2. The summed E-state index contributed by atoms with van der Waals surface area (Å²) in [5, 5.41) is 3.25. The van der Waals surface area contributed by atoms with Crippen molar-refractivity contribution in [1.29, 1.82) is 0 Å². The van der Waals surface area contributed by atoms with Crippen molar-refractivity contribution < 1.29 is 0 Å². The fraction of sp³-hybridized carbons (Fsp3) is 0.412. The quantitative estimate of drug-likeness (QED) is 0.922. The van der Waals surface area contributed by atoms with Crippen molar-refractivity contribution in [2.24, 2.45) is 0 Å². The molecule has 20 heavy (non-hydrogen) atoms. The first-order valence-electron chi connectivity index (χ1n) is 7.53. The Morgan fingerprint density at radius 2 is 1.95 bits per heavy atom. The summed E-state index contributed by atoms with van der Waals surface area (Å²) in [6.45, 7) is 0. The Balaban J connectivity index is 1.87. The van der Waals surface area contributed by atoms with E-state index in [1.54, 1.807) is 0 Å². The second-order valence-corrected chi connectivity index (χ2v) is 5.79. The van der Waals surface area contributed by atoms with E-state index in [0.29, 0.717) is 0 Å². The average Bonchev–Trinajstić information content (AvgIpc) is 3.23. The smallest absolute Gasteiger partial charge is 0.162 e. The van der Waals surface area contributed by atoms with Crippen molar-refractivity contribution in [3.05, 3.63) is 41.1 Å². The first kappa shape index (κ1) is 11.9. The highest BCUT2D eigenvalue weighted by Gasteiger charge is 2.27. The van der Waals surface area contributed by atoms with Crippen LogP contribution in [0.25, 0.3) is 11.4 Å². The van der Waals surface area contributed by atoms with Gasteiger partial charge in [-0.3, -0.25) is 0 Å². The van der Waals surface area contributed by atoms with Crippen LogP contribution in [0.5, 0.6) is 0 Å². The molecule has 0 atom stereocenters. The van der Waals surface area contributed by atoms with Crippen LogP contribution in [0.15, 0.2) is 24.3 Å². The van der Waals surface area contributed by atoms with Gasteiger partial charge in [0.2, 0.25) is 0 Å². The average molecular weight is 265 g/mol. The third-order valence-electron chi connectivity index (χ3n) is 4.39. The number of hydrogen-bond acceptors (Lipinski definition) is 3. The van der Waals surface area contributed by atoms with Gasteiger partial charge in [0, 0.05) is 23.9 Å². The number of benzene rings is 1. The lowest BCUT2D eigenvalue weighted by molar-refractivity contribution is 0.900. The van der Waals surface area contributed by atoms with Crippen molar-refractivity contribution in [3.8, 4) is 11.4 Å². The predicted octanol–water partition coefficient (Wildman–Crippen LogP) is 3.55. The van der Waals surface area contributed by atoms with Gasteiger partial charge in [-0.1, -0.05) is 24.3 Å². The lowest BCUT2D eigenvalue weighted by atomic mass is 10.0. The van der Waals surface area contributed by atoms with Crippen LogP contribution in [0.4, 0.5) is 5.82 Å². The highest BCUT2D eigenvalue weighted by atomic mass is 15.0. The molecule has 1 aromatic heterocycles. The van der Waals surface area contributed by atoms with Crippen LogP contribution in [0.1, 0.15) is 42.0 Å². The first-order chi connectivity index (χ1) is 9.86. The number of nitrogens with one attached hydrogen (secondary N) is 1. The molecule has 3 heteroatoms. The molecule has 2 aliphatic rings. The Bertz CT molecular complexity index is 659. The van der Waals surface area contributed by atoms with Crippen molar-refractivity contribution in [2.45, 2.75) is 38.0 Å². The summed E-state index contributed by atoms with van der Waals surface area (Å²) in [5.41, 5.74) is 5.21. The van der Waals surface area contributed by atoms with Crippen LogP contribution in [0.2, 0.25) is 0 Å². The van der Waals surface area contributed by atoms with E-state index in [-0.39, 0.29) is 0 Å². The van der Waals surface area contributed by atoms with Crippen molar-refractivity contribution in [2.75, 3.05) is 12.4 Å². The fourth-order valence-corrected chi connectivity index (χ4v) is 3.21. The van der Waals surface area contributed by atoms with E-state index in [2.05, 4.69) is 29.6 Å². The summed E-state index contributed by atoms with van der Waals surface area (Å²) in [5.74, 6) is 2.65. The van der Waals surface area contributed by atoms with Crippen LogP contribution in [-0.4, -0.2) is 17.0 Å². The van der Waals surface area contributed by atoms with Gasteiger partial charge in [-0.15, -0.1) is 0 Å². The number of anilines is 1. The maximum atomic E-state index is 4.85. The van der Waals surface area contributed by atoms with E-state index < -0.39 is 0 Å². The summed E-state index contributed by atoms with van der Waals surface area (Å²) >= 11 is 0. The maximum Gasteiger partial charge on any atom is 0.162 e. The van der Waals surface area contributed by atoms with E-state index in [4.69, 9.17) is 9.97 Å². The Labute approximate surface area is 119 Å². The molecule has 0 aliphatic heterocycles. The standard InChI is InChI=1S/C17H19N3/c1-18-16-14-7-4-8-15(14)19-17(20-16)13-6-3-2-5-12(13)11-9-10-11/h2-3,5-6,11H,4,7-10H2,1H3,(H,18,19,20). The van der Waals surface area contributed by atoms with E-state index in [1.807, 2.05) is 7.05 Å². The topological polar surface area (TPSA) is 37.8 Å². The molecule has 2 aromatic rings. The summed E-state index contributed by atoms with van der Waals surface area (Å²) in [4.78, 5) is 9.63. The number of aryl methyl sites for hydroxylation is 1. The molecule has 1 heterocycles. The Morgan fingerprint density at radius 1 is 1.10 bits per heavy atom. The first-order valence-corrected chi connectivity index (χ1v) is 7.53. The van der Waals surface area contributed by atoms with Gasteiger partial charge in [0.1, 0.15) is 5.82 Å². The second-order valence-electron chi connectivity index (χ2n) is 5.79. The summed E-state index contributed by atoms with van der Waals surface area (Å²) < 4.78 is 0. The number of aromatic nitrogens is 2.